The summed E-state index contributed by atoms with van der Waals surface area (Å²) in [4.78, 5) is 20.2. The standard InChI is InChI=1S/C23H23N3O/c1-2-26-12-10-15(11-13-26)24-21-14-19-16-6-3-4-7-17(16)23(27)18-8-5-9-20(25-21)22(18)19/h3-9,14-15H,2,10-13H2,1H3,(H,24,25). The maximum absolute atomic E-state index is 12.9. The highest BCUT2D eigenvalue weighted by atomic mass is 16.1. The Morgan fingerprint density at radius 1 is 1.00 bits per heavy atom. The molecule has 27 heavy (non-hydrogen) atoms. The Labute approximate surface area is 159 Å². The van der Waals surface area contributed by atoms with E-state index in [2.05, 4.69) is 23.2 Å². The Kier molecular flexibility index (Phi) is 3.94. The normalized spacial score (nSPS) is 17.1. The third-order valence-corrected chi connectivity index (χ3v) is 5.93. The number of benzene rings is 2. The number of pyridine rings is 1. The predicted octanol–water partition coefficient (Wildman–Crippen LogP) is 4.34. The second kappa shape index (κ2) is 6.46. The first kappa shape index (κ1) is 16.5. The second-order valence-electron chi connectivity index (χ2n) is 7.48. The molecule has 1 aliphatic carbocycles. The molecule has 1 fully saturated rings. The summed E-state index contributed by atoms with van der Waals surface area (Å²) in [5.41, 5.74) is 4.56. The van der Waals surface area contributed by atoms with E-state index in [1.54, 1.807) is 0 Å². The summed E-state index contributed by atoms with van der Waals surface area (Å²) < 4.78 is 0. The molecule has 0 saturated carbocycles. The molecule has 0 atom stereocenters. The highest BCUT2D eigenvalue weighted by molar-refractivity contribution is 6.25. The van der Waals surface area contributed by atoms with Gasteiger partial charge < -0.3 is 10.2 Å². The third-order valence-electron chi connectivity index (χ3n) is 5.93. The van der Waals surface area contributed by atoms with Crippen LogP contribution in [0.3, 0.4) is 0 Å². The molecule has 0 radical (unpaired) electrons. The van der Waals surface area contributed by atoms with Gasteiger partial charge in [0.25, 0.3) is 0 Å². The van der Waals surface area contributed by atoms with Gasteiger partial charge in [-0.1, -0.05) is 43.3 Å². The summed E-state index contributed by atoms with van der Waals surface area (Å²) in [5, 5.41) is 4.63. The number of aromatic nitrogens is 1. The monoisotopic (exact) mass is 357 g/mol. The Hall–Kier alpha value is -2.72. The molecule has 2 aliphatic rings. The lowest BCUT2D eigenvalue weighted by atomic mass is 9.84. The first-order chi connectivity index (χ1) is 13.2. The van der Waals surface area contributed by atoms with Crippen LogP contribution in [0.1, 0.15) is 35.7 Å². The van der Waals surface area contributed by atoms with E-state index in [0.717, 1.165) is 71.5 Å². The van der Waals surface area contributed by atoms with Crippen LogP contribution in [0.5, 0.6) is 0 Å². The predicted molar refractivity (Wildman–Crippen MR) is 109 cm³/mol. The molecule has 0 unspecified atom stereocenters. The van der Waals surface area contributed by atoms with Crippen LogP contribution in [0.25, 0.3) is 22.0 Å². The highest BCUT2D eigenvalue weighted by Gasteiger charge is 2.26. The number of hydrogen-bond donors (Lipinski definition) is 1. The van der Waals surface area contributed by atoms with E-state index in [4.69, 9.17) is 4.98 Å². The van der Waals surface area contributed by atoms with Crippen molar-refractivity contribution in [3.63, 3.8) is 0 Å². The van der Waals surface area contributed by atoms with Crippen LogP contribution >= 0.6 is 0 Å². The summed E-state index contributed by atoms with van der Waals surface area (Å²) in [7, 11) is 0. The summed E-state index contributed by atoms with van der Waals surface area (Å²) in [6.45, 7) is 5.62. The summed E-state index contributed by atoms with van der Waals surface area (Å²) in [5.74, 6) is 1.01. The van der Waals surface area contributed by atoms with E-state index in [1.165, 1.54) is 0 Å². The molecule has 2 aromatic carbocycles. The Balaban J connectivity index is 1.58. The van der Waals surface area contributed by atoms with Gasteiger partial charge in [-0.05, 0) is 42.6 Å². The van der Waals surface area contributed by atoms with Crippen molar-refractivity contribution in [1.82, 2.24) is 9.88 Å². The molecule has 4 nitrogen and oxygen atoms in total. The number of anilines is 1. The number of ketones is 1. The van der Waals surface area contributed by atoms with Crippen molar-refractivity contribution in [2.45, 2.75) is 25.8 Å². The zero-order chi connectivity index (χ0) is 18.4. The van der Waals surface area contributed by atoms with Crippen molar-refractivity contribution in [3.8, 4) is 11.1 Å². The van der Waals surface area contributed by atoms with E-state index < -0.39 is 0 Å². The minimum Gasteiger partial charge on any atom is -0.367 e. The molecule has 1 saturated heterocycles. The molecule has 136 valence electrons. The Morgan fingerprint density at radius 2 is 1.74 bits per heavy atom. The van der Waals surface area contributed by atoms with E-state index >= 15 is 0 Å². The fraction of sp³-hybridized carbons (Fsp3) is 0.304. The van der Waals surface area contributed by atoms with Crippen molar-refractivity contribution in [3.05, 3.63) is 59.7 Å². The topological polar surface area (TPSA) is 45.2 Å². The van der Waals surface area contributed by atoms with Crippen LogP contribution < -0.4 is 5.32 Å². The minimum absolute atomic E-state index is 0.0955. The molecular weight excluding hydrogens is 334 g/mol. The first-order valence-electron chi connectivity index (χ1n) is 9.81. The van der Waals surface area contributed by atoms with Gasteiger partial charge >= 0.3 is 0 Å². The number of carbonyl (C=O) groups excluding carboxylic acids is 1. The van der Waals surface area contributed by atoms with Gasteiger partial charge in [-0.15, -0.1) is 0 Å². The lowest BCUT2D eigenvalue weighted by Crippen LogP contribution is -2.39. The largest absolute Gasteiger partial charge is 0.367 e. The Morgan fingerprint density at radius 3 is 2.52 bits per heavy atom. The number of hydrogen-bond acceptors (Lipinski definition) is 4. The smallest absolute Gasteiger partial charge is 0.194 e. The molecule has 0 spiro atoms. The SMILES string of the molecule is CCN1CCC(Nc2cc3c4c(cccc4n2)C(=O)c2ccccc2-3)CC1. The number of carbonyl (C=O) groups is 1. The molecule has 3 aromatic rings. The maximum Gasteiger partial charge on any atom is 0.194 e. The molecule has 1 aromatic heterocycles. The number of likely N-dealkylation sites (tertiary alicyclic amines) is 1. The van der Waals surface area contributed by atoms with Crippen molar-refractivity contribution < 1.29 is 4.79 Å². The van der Waals surface area contributed by atoms with E-state index in [0.29, 0.717) is 6.04 Å². The number of nitrogens with zero attached hydrogens (tertiary/aromatic N) is 2. The van der Waals surface area contributed by atoms with Crippen LogP contribution in [0.2, 0.25) is 0 Å². The first-order valence-corrected chi connectivity index (χ1v) is 9.81. The number of rotatable bonds is 3. The minimum atomic E-state index is 0.0955. The summed E-state index contributed by atoms with van der Waals surface area (Å²) in [6.07, 6.45) is 2.27. The molecule has 4 heteroatoms. The Bertz CT molecular complexity index is 1030. The van der Waals surface area contributed by atoms with Crippen LogP contribution in [0.4, 0.5) is 5.82 Å². The molecule has 1 N–H and O–H groups in total. The van der Waals surface area contributed by atoms with Gasteiger partial charge in [-0.3, -0.25) is 4.79 Å². The van der Waals surface area contributed by atoms with Gasteiger partial charge in [-0.2, -0.15) is 0 Å². The van der Waals surface area contributed by atoms with Crippen LogP contribution in [-0.2, 0) is 0 Å². The van der Waals surface area contributed by atoms with Crippen LogP contribution in [0.15, 0.2) is 48.5 Å². The average molecular weight is 357 g/mol. The zero-order valence-corrected chi connectivity index (χ0v) is 15.5. The van der Waals surface area contributed by atoms with Gasteiger partial charge in [0, 0.05) is 35.6 Å². The molecule has 0 amide bonds. The lowest BCUT2D eigenvalue weighted by Gasteiger charge is -2.32. The fourth-order valence-electron chi connectivity index (χ4n) is 4.43. The molecule has 2 heterocycles. The van der Waals surface area contributed by atoms with Crippen molar-refractivity contribution in [2.75, 3.05) is 25.0 Å². The number of piperidine rings is 1. The fourth-order valence-corrected chi connectivity index (χ4v) is 4.43. The van der Waals surface area contributed by atoms with Crippen molar-refractivity contribution in [1.29, 1.82) is 0 Å². The van der Waals surface area contributed by atoms with E-state index in [1.807, 2.05) is 42.5 Å². The van der Waals surface area contributed by atoms with Gasteiger partial charge in [0.05, 0.1) is 5.52 Å². The van der Waals surface area contributed by atoms with Crippen molar-refractivity contribution in [2.24, 2.45) is 0 Å². The molecule has 0 bridgehead atoms. The summed E-state index contributed by atoms with van der Waals surface area (Å²) >= 11 is 0. The van der Waals surface area contributed by atoms with Gasteiger partial charge in [0.1, 0.15) is 5.82 Å². The van der Waals surface area contributed by atoms with Gasteiger partial charge in [0.15, 0.2) is 5.78 Å². The molecule has 5 rings (SSSR count). The molecule has 1 aliphatic heterocycles. The number of fused-ring (bicyclic) bond motifs is 2. The van der Waals surface area contributed by atoms with Gasteiger partial charge in [0.2, 0.25) is 0 Å². The number of nitrogens with one attached hydrogen (secondary N) is 1. The zero-order valence-electron chi connectivity index (χ0n) is 15.5. The van der Waals surface area contributed by atoms with Crippen LogP contribution in [0, 0.1) is 0 Å². The highest BCUT2D eigenvalue weighted by Crippen LogP contribution is 2.40. The van der Waals surface area contributed by atoms with E-state index in [-0.39, 0.29) is 5.78 Å². The lowest BCUT2D eigenvalue weighted by molar-refractivity contribution is 0.104. The summed E-state index contributed by atoms with van der Waals surface area (Å²) in [6, 6.07) is 16.3. The van der Waals surface area contributed by atoms with Gasteiger partial charge in [-0.25, -0.2) is 4.98 Å². The second-order valence-corrected chi connectivity index (χ2v) is 7.48. The van der Waals surface area contributed by atoms with Crippen molar-refractivity contribution >= 4 is 22.5 Å². The van der Waals surface area contributed by atoms with E-state index in [9.17, 15) is 4.79 Å². The third kappa shape index (κ3) is 2.72. The van der Waals surface area contributed by atoms with Crippen LogP contribution in [-0.4, -0.2) is 41.3 Å². The quantitative estimate of drug-likeness (QED) is 0.592. The molecular formula is C23H23N3O. The maximum atomic E-state index is 12.9. The average Bonchev–Trinajstić information content (AvgIpc) is 2.72.